The molecule has 2 amide bonds. The monoisotopic (exact) mass is 294 g/mol. The minimum Gasteiger partial charge on any atom is -0.493 e. The van der Waals surface area contributed by atoms with Crippen molar-refractivity contribution in [2.75, 3.05) is 28.3 Å². The van der Waals surface area contributed by atoms with Crippen molar-refractivity contribution in [2.45, 2.75) is 12.5 Å². The van der Waals surface area contributed by atoms with Gasteiger partial charge in [0.15, 0.2) is 11.5 Å². The van der Waals surface area contributed by atoms with Crippen LogP contribution in [0.3, 0.4) is 0 Å². The molecule has 1 fully saturated rings. The van der Waals surface area contributed by atoms with Gasteiger partial charge in [-0.15, -0.1) is 0 Å². The zero-order valence-corrected chi connectivity index (χ0v) is 12.9. The maximum atomic E-state index is 12.1. The quantitative estimate of drug-likeness (QED) is 0.803. The molecule has 0 N–H and O–H groups in total. The Labute approximate surface area is 124 Å². The third-order valence-electron chi connectivity index (χ3n) is 3.59. The van der Waals surface area contributed by atoms with Crippen molar-refractivity contribution in [2.24, 2.45) is 0 Å². The minimum atomic E-state index is -0.0963. The van der Waals surface area contributed by atoms with Crippen LogP contribution in [0.2, 0.25) is 0 Å². The highest BCUT2D eigenvalue weighted by Crippen LogP contribution is 2.35. The second-order valence-electron chi connectivity index (χ2n) is 4.68. The first-order chi connectivity index (χ1) is 9.49. The van der Waals surface area contributed by atoms with E-state index in [9.17, 15) is 4.79 Å². The fraction of sp³-hybridized carbons (Fsp3) is 0.429. The summed E-state index contributed by atoms with van der Waals surface area (Å²) >= 11 is 5.27. The molecule has 1 aliphatic heterocycles. The van der Waals surface area contributed by atoms with E-state index in [0.29, 0.717) is 22.9 Å². The molecule has 108 valence electrons. The van der Waals surface area contributed by atoms with Crippen LogP contribution in [0.5, 0.6) is 11.5 Å². The lowest BCUT2D eigenvalue weighted by Gasteiger charge is -2.38. The highest BCUT2D eigenvalue weighted by Gasteiger charge is 2.33. The van der Waals surface area contributed by atoms with Crippen molar-refractivity contribution in [1.82, 2.24) is 9.80 Å². The first kappa shape index (κ1) is 14.6. The molecule has 1 aromatic carbocycles. The average molecular weight is 294 g/mol. The van der Waals surface area contributed by atoms with Gasteiger partial charge in [-0.25, -0.2) is 4.79 Å². The summed E-state index contributed by atoms with van der Waals surface area (Å²) in [6.07, 6.45) is 0.629. The number of urea groups is 1. The van der Waals surface area contributed by atoms with Gasteiger partial charge in [-0.2, -0.15) is 0 Å². The van der Waals surface area contributed by atoms with Gasteiger partial charge in [-0.05, 0) is 17.7 Å². The van der Waals surface area contributed by atoms with Crippen molar-refractivity contribution in [3.05, 3.63) is 23.8 Å². The molecule has 20 heavy (non-hydrogen) atoms. The van der Waals surface area contributed by atoms with Crippen LogP contribution in [0.4, 0.5) is 4.79 Å². The lowest BCUT2D eigenvalue weighted by atomic mass is 10.00. The molecule has 1 aliphatic rings. The zero-order valence-electron chi connectivity index (χ0n) is 12.0. The van der Waals surface area contributed by atoms with Crippen molar-refractivity contribution < 1.29 is 14.3 Å². The van der Waals surface area contributed by atoms with Gasteiger partial charge in [0.2, 0.25) is 0 Å². The first-order valence-corrected chi connectivity index (χ1v) is 6.65. The number of amides is 2. The van der Waals surface area contributed by atoms with Gasteiger partial charge in [0.05, 0.1) is 25.2 Å². The van der Waals surface area contributed by atoms with Crippen molar-refractivity contribution in [3.63, 3.8) is 0 Å². The van der Waals surface area contributed by atoms with Gasteiger partial charge < -0.3 is 14.4 Å². The van der Waals surface area contributed by atoms with Gasteiger partial charge in [0.1, 0.15) is 0 Å². The van der Waals surface area contributed by atoms with Gasteiger partial charge in [-0.1, -0.05) is 18.3 Å². The van der Waals surface area contributed by atoms with Crippen LogP contribution in [0.1, 0.15) is 18.0 Å². The van der Waals surface area contributed by atoms with Crippen molar-refractivity contribution in [3.8, 4) is 11.5 Å². The molecule has 0 aromatic heterocycles. The molecule has 1 aromatic rings. The fourth-order valence-electron chi connectivity index (χ4n) is 2.32. The first-order valence-electron chi connectivity index (χ1n) is 6.24. The van der Waals surface area contributed by atoms with Crippen LogP contribution in [-0.2, 0) is 0 Å². The molecule has 0 radical (unpaired) electrons. The summed E-state index contributed by atoms with van der Waals surface area (Å²) in [7, 11) is 6.67. The molecule has 1 unspecified atom stereocenters. The Hall–Kier alpha value is -1.82. The summed E-state index contributed by atoms with van der Waals surface area (Å²) < 4.78 is 10.5. The predicted molar refractivity (Wildman–Crippen MR) is 80.4 cm³/mol. The zero-order chi connectivity index (χ0) is 14.9. The van der Waals surface area contributed by atoms with Gasteiger partial charge in [0.25, 0.3) is 0 Å². The number of thiocarbonyl (C=S) groups is 1. The van der Waals surface area contributed by atoms with E-state index in [0.717, 1.165) is 5.56 Å². The standard InChI is InChI=1S/C14H18N2O3S/c1-15-10(8-13(20)16(2)14(15)17)9-5-6-11(18-3)12(7-9)19-4/h5-7,10H,8H2,1-4H3. The second-order valence-corrected chi connectivity index (χ2v) is 5.15. The molecule has 1 saturated heterocycles. The van der Waals surface area contributed by atoms with Crippen molar-refractivity contribution >= 4 is 23.2 Å². The SMILES string of the molecule is COc1ccc(C2CC(=S)N(C)C(=O)N2C)cc1OC. The van der Waals surface area contributed by atoms with Gasteiger partial charge in [0, 0.05) is 20.5 Å². The Kier molecular flexibility index (Phi) is 4.13. The van der Waals surface area contributed by atoms with Gasteiger partial charge >= 0.3 is 6.03 Å². The summed E-state index contributed by atoms with van der Waals surface area (Å²) in [5, 5.41) is 0. The third kappa shape index (κ3) is 2.43. The molecule has 0 bridgehead atoms. The van der Waals surface area contributed by atoms with E-state index in [2.05, 4.69) is 0 Å². The Balaban J connectivity index is 2.36. The summed E-state index contributed by atoms with van der Waals surface area (Å²) in [4.78, 5) is 15.9. The number of methoxy groups -OCH3 is 2. The Morgan fingerprint density at radius 2 is 1.85 bits per heavy atom. The molecule has 1 atom stereocenters. The topological polar surface area (TPSA) is 42.0 Å². The lowest BCUT2D eigenvalue weighted by Crippen LogP contribution is -2.49. The second kappa shape index (κ2) is 5.66. The molecule has 0 aliphatic carbocycles. The number of carbonyl (C=O) groups excluding carboxylic acids is 1. The van der Waals surface area contributed by atoms with E-state index < -0.39 is 0 Å². The number of rotatable bonds is 3. The van der Waals surface area contributed by atoms with E-state index in [1.165, 1.54) is 4.90 Å². The summed E-state index contributed by atoms with van der Waals surface area (Å²) in [5.74, 6) is 1.32. The largest absolute Gasteiger partial charge is 0.493 e. The normalized spacial score (nSPS) is 19.3. The Morgan fingerprint density at radius 1 is 1.20 bits per heavy atom. The van der Waals surface area contributed by atoms with E-state index in [-0.39, 0.29) is 12.1 Å². The maximum absolute atomic E-state index is 12.1. The fourth-order valence-corrected chi connectivity index (χ4v) is 2.55. The van der Waals surface area contributed by atoms with E-state index in [1.807, 2.05) is 18.2 Å². The van der Waals surface area contributed by atoms with Crippen LogP contribution in [0.25, 0.3) is 0 Å². The molecule has 0 spiro atoms. The van der Waals surface area contributed by atoms with Crippen LogP contribution >= 0.6 is 12.2 Å². The number of ether oxygens (including phenoxy) is 2. The van der Waals surface area contributed by atoms with Crippen LogP contribution < -0.4 is 9.47 Å². The maximum Gasteiger partial charge on any atom is 0.324 e. The lowest BCUT2D eigenvalue weighted by molar-refractivity contribution is 0.163. The van der Waals surface area contributed by atoms with E-state index >= 15 is 0 Å². The van der Waals surface area contributed by atoms with Crippen LogP contribution in [-0.4, -0.2) is 49.1 Å². The average Bonchev–Trinajstić information content (AvgIpc) is 2.48. The van der Waals surface area contributed by atoms with Crippen LogP contribution in [0, 0.1) is 0 Å². The Morgan fingerprint density at radius 3 is 2.45 bits per heavy atom. The summed E-state index contributed by atoms with van der Waals surface area (Å²) in [5.41, 5.74) is 0.981. The minimum absolute atomic E-state index is 0.0778. The number of benzene rings is 1. The van der Waals surface area contributed by atoms with Crippen molar-refractivity contribution in [1.29, 1.82) is 0 Å². The smallest absolute Gasteiger partial charge is 0.324 e. The number of hydrogen-bond donors (Lipinski definition) is 0. The highest BCUT2D eigenvalue weighted by molar-refractivity contribution is 7.80. The molecule has 0 saturated carbocycles. The number of carbonyl (C=O) groups is 1. The molecule has 5 nitrogen and oxygen atoms in total. The molecule has 1 heterocycles. The van der Waals surface area contributed by atoms with Gasteiger partial charge in [-0.3, -0.25) is 4.90 Å². The van der Waals surface area contributed by atoms with E-state index in [1.54, 1.807) is 33.2 Å². The number of nitrogens with zero attached hydrogens (tertiary/aromatic N) is 2. The predicted octanol–water partition coefficient (Wildman–Crippen LogP) is 2.46. The highest BCUT2D eigenvalue weighted by atomic mass is 32.1. The Bertz CT molecular complexity index is 547. The summed E-state index contributed by atoms with van der Waals surface area (Å²) in [6.45, 7) is 0. The third-order valence-corrected chi connectivity index (χ3v) is 4.03. The molecular weight excluding hydrogens is 276 g/mol. The number of hydrogen-bond acceptors (Lipinski definition) is 4. The van der Waals surface area contributed by atoms with Crippen LogP contribution in [0.15, 0.2) is 18.2 Å². The molecule has 6 heteroatoms. The van der Waals surface area contributed by atoms with E-state index in [4.69, 9.17) is 21.7 Å². The summed E-state index contributed by atoms with van der Waals surface area (Å²) in [6, 6.07) is 5.49. The molecule has 2 rings (SSSR count). The molecular formula is C14H18N2O3S.